The fourth-order valence-corrected chi connectivity index (χ4v) is 3.61. The topological polar surface area (TPSA) is 59.8 Å². The minimum absolute atomic E-state index is 0.153. The van der Waals surface area contributed by atoms with Crippen LogP contribution in [-0.4, -0.2) is 20.4 Å². The predicted octanol–water partition coefficient (Wildman–Crippen LogP) is 4.26. The third-order valence-corrected chi connectivity index (χ3v) is 4.94. The summed E-state index contributed by atoms with van der Waals surface area (Å²) < 4.78 is 1.95. The van der Waals surface area contributed by atoms with Crippen molar-refractivity contribution >= 4 is 34.0 Å². The minimum atomic E-state index is -0.153. The van der Waals surface area contributed by atoms with E-state index in [1.165, 1.54) is 11.3 Å². The zero-order valence-corrected chi connectivity index (χ0v) is 14.7. The molecule has 0 spiro atoms. The number of carbonyl (C=O) groups is 1. The van der Waals surface area contributed by atoms with Gasteiger partial charge in [0.1, 0.15) is 4.88 Å². The van der Waals surface area contributed by atoms with Crippen molar-refractivity contribution < 1.29 is 4.79 Å². The lowest BCUT2D eigenvalue weighted by atomic mass is 10.1. The van der Waals surface area contributed by atoms with Crippen molar-refractivity contribution in [2.45, 2.75) is 6.92 Å². The van der Waals surface area contributed by atoms with Crippen molar-refractivity contribution in [3.05, 3.63) is 64.7 Å². The standard InChI is InChI=1S/C19H16N4OS/c1-12-21-17(13-6-4-3-5-7-13)18(25-12)19(24)22-14-8-9-16-15(10-14)20-11-23(16)2/h3-11H,1-2H3,(H,22,24). The number of nitrogens with one attached hydrogen (secondary N) is 1. The molecule has 1 N–H and O–H groups in total. The van der Waals surface area contributed by atoms with Crippen LogP contribution in [0.5, 0.6) is 0 Å². The zero-order valence-electron chi connectivity index (χ0n) is 13.9. The van der Waals surface area contributed by atoms with Crippen molar-refractivity contribution in [2.75, 3.05) is 5.32 Å². The summed E-state index contributed by atoms with van der Waals surface area (Å²) in [7, 11) is 1.94. The lowest BCUT2D eigenvalue weighted by molar-refractivity contribution is 0.103. The Hall–Kier alpha value is -2.99. The van der Waals surface area contributed by atoms with Gasteiger partial charge in [0, 0.05) is 18.3 Å². The maximum Gasteiger partial charge on any atom is 0.268 e. The Labute approximate surface area is 149 Å². The Kier molecular flexibility index (Phi) is 3.82. The molecule has 4 aromatic rings. The van der Waals surface area contributed by atoms with Crippen molar-refractivity contribution in [3.63, 3.8) is 0 Å². The molecule has 2 aromatic carbocycles. The Balaban J connectivity index is 1.67. The molecule has 124 valence electrons. The molecule has 25 heavy (non-hydrogen) atoms. The van der Waals surface area contributed by atoms with Gasteiger partial charge in [-0.2, -0.15) is 0 Å². The molecule has 0 aliphatic carbocycles. The lowest BCUT2D eigenvalue weighted by Crippen LogP contribution is -2.11. The average Bonchev–Trinajstić information content (AvgIpc) is 3.19. The summed E-state index contributed by atoms with van der Waals surface area (Å²) in [5, 5.41) is 3.83. The Bertz CT molecular complexity index is 1070. The number of aryl methyl sites for hydroxylation is 2. The third kappa shape index (κ3) is 2.92. The van der Waals surface area contributed by atoms with E-state index >= 15 is 0 Å². The monoisotopic (exact) mass is 348 g/mol. The number of rotatable bonds is 3. The highest BCUT2D eigenvalue weighted by atomic mass is 32.1. The molecule has 2 heterocycles. The van der Waals surface area contributed by atoms with Gasteiger partial charge in [0.15, 0.2) is 0 Å². The molecule has 0 aliphatic rings. The van der Waals surface area contributed by atoms with E-state index in [-0.39, 0.29) is 5.91 Å². The number of carbonyl (C=O) groups excluding carboxylic acids is 1. The summed E-state index contributed by atoms with van der Waals surface area (Å²) >= 11 is 1.40. The largest absolute Gasteiger partial charge is 0.334 e. The second-order valence-corrected chi connectivity index (χ2v) is 6.99. The number of amides is 1. The molecule has 0 bridgehead atoms. The van der Waals surface area contributed by atoms with E-state index in [4.69, 9.17) is 0 Å². The summed E-state index contributed by atoms with van der Waals surface area (Å²) in [6, 6.07) is 15.5. The van der Waals surface area contributed by atoms with E-state index < -0.39 is 0 Å². The van der Waals surface area contributed by atoms with Crippen LogP contribution >= 0.6 is 11.3 Å². The third-order valence-electron chi connectivity index (χ3n) is 3.97. The number of anilines is 1. The molecule has 0 fully saturated rings. The molecule has 0 saturated carbocycles. The van der Waals surface area contributed by atoms with E-state index in [1.54, 1.807) is 6.33 Å². The zero-order chi connectivity index (χ0) is 17.4. The van der Waals surface area contributed by atoms with Crippen molar-refractivity contribution in [1.82, 2.24) is 14.5 Å². The number of thiazole rings is 1. The van der Waals surface area contributed by atoms with Crippen LogP contribution in [0.1, 0.15) is 14.7 Å². The highest BCUT2D eigenvalue weighted by Gasteiger charge is 2.18. The Morgan fingerprint density at radius 1 is 1.16 bits per heavy atom. The first kappa shape index (κ1) is 15.5. The maximum atomic E-state index is 12.8. The summed E-state index contributed by atoms with van der Waals surface area (Å²) in [6.45, 7) is 1.91. The highest BCUT2D eigenvalue weighted by Crippen LogP contribution is 2.29. The summed E-state index contributed by atoms with van der Waals surface area (Å²) in [4.78, 5) is 22.3. The fourth-order valence-electron chi connectivity index (χ4n) is 2.77. The number of imidazole rings is 1. The van der Waals surface area contributed by atoms with Gasteiger partial charge in [-0.15, -0.1) is 11.3 Å². The van der Waals surface area contributed by atoms with Gasteiger partial charge in [-0.05, 0) is 25.1 Å². The van der Waals surface area contributed by atoms with Crippen LogP contribution < -0.4 is 5.32 Å². The normalized spacial score (nSPS) is 11.0. The summed E-state index contributed by atoms with van der Waals surface area (Å²) in [6.07, 6.45) is 1.76. The van der Waals surface area contributed by atoms with E-state index in [9.17, 15) is 4.79 Å². The lowest BCUT2D eigenvalue weighted by Gasteiger charge is -2.06. The van der Waals surface area contributed by atoms with Crippen LogP contribution in [0.4, 0.5) is 5.69 Å². The molecule has 0 atom stereocenters. The highest BCUT2D eigenvalue weighted by molar-refractivity contribution is 7.14. The molecule has 0 unspecified atom stereocenters. The second kappa shape index (κ2) is 6.14. The molecule has 0 radical (unpaired) electrons. The Morgan fingerprint density at radius 3 is 2.76 bits per heavy atom. The molecule has 2 aromatic heterocycles. The van der Waals surface area contributed by atoms with E-state index in [0.29, 0.717) is 4.88 Å². The van der Waals surface area contributed by atoms with Gasteiger partial charge >= 0.3 is 0 Å². The summed E-state index contributed by atoms with van der Waals surface area (Å²) in [5.74, 6) is -0.153. The fraction of sp³-hybridized carbons (Fsp3) is 0.105. The first-order valence-corrected chi connectivity index (χ1v) is 8.69. The number of benzene rings is 2. The van der Waals surface area contributed by atoms with Crippen LogP contribution in [0.25, 0.3) is 22.3 Å². The molecular weight excluding hydrogens is 332 g/mol. The molecule has 5 nitrogen and oxygen atoms in total. The van der Waals surface area contributed by atoms with Gasteiger partial charge < -0.3 is 9.88 Å². The van der Waals surface area contributed by atoms with E-state index in [1.807, 2.05) is 67.1 Å². The average molecular weight is 348 g/mol. The van der Waals surface area contributed by atoms with Crippen LogP contribution in [0.15, 0.2) is 54.9 Å². The SMILES string of the molecule is Cc1nc(-c2ccccc2)c(C(=O)Nc2ccc3c(c2)ncn3C)s1. The van der Waals surface area contributed by atoms with E-state index in [2.05, 4.69) is 15.3 Å². The first-order chi connectivity index (χ1) is 12.1. The van der Waals surface area contributed by atoms with Gasteiger partial charge in [-0.25, -0.2) is 9.97 Å². The maximum absolute atomic E-state index is 12.8. The van der Waals surface area contributed by atoms with Crippen LogP contribution in [-0.2, 0) is 7.05 Å². The number of hydrogen-bond acceptors (Lipinski definition) is 4. The van der Waals surface area contributed by atoms with Crippen molar-refractivity contribution in [2.24, 2.45) is 7.05 Å². The van der Waals surface area contributed by atoms with Gasteiger partial charge in [-0.1, -0.05) is 30.3 Å². The second-order valence-electron chi connectivity index (χ2n) is 5.79. The number of aromatic nitrogens is 3. The minimum Gasteiger partial charge on any atom is -0.334 e. The summed E-state index contributed by atoms with van der Waals surface area (Å²) in [5.41, 5.74) is 4.26. The van der Waals surface area contributed by atoms with Gasteiger partial charge in [0.2, 0.25) is 0 Å². The molecule has 4 rings (SSSR count). The van der Waals surface area contributed by atoms with Gasteiger partial charge in [0.05, 0.1) is 28.1 Å². The molecular formula is C19H16N4OS. The molecule has 0 saturated heterocycles. The number of hydrogen-bond donors (Lipinski definition) is 1. The molecule has 1 amide bonds. The van der Waals surface area contributed by atoms with Crippen LogP contribution in [0.2, 0.25) is 0 Å². The first-order valence-electron chi connectivity index (χ1n) is 7.87. The van der Waals surface area contributed by atoms with Crippen molar-refractivity contribution in [3.8, 4) is 11.3 Å². The van der Waals surface area contributed by atoms with Crippen LogP contribution in [0, 0.1) is 6.92 Å². The molecule has 0 aliphatic heterocycles. The number of nitrogens with zero attached hydrogens (tertiary/aromatic N) is 3. The van der Waals surface area contributed by atoms with Crippen LogP contribution in [0.3, 0.4) is 0 Å². The van der Waals surface area contributed by atoms with Crippen molar-refractivity contribution in [1.29, 1.82) is 0 Å². The quantitative estimate of drug-likeness (QED) is 0.602. The van der Waals surface area contributed by atoms with Gasteiger partial charge in [-0.3, -0.25) is 4.79 Å². The smallest absolute Gasteiger partial charge is 0.268 e. The number of fused-ring (bicyclic) bond motifs is 1. The Morgan fingerprint density at radius 2 is 1.96 bits per heavy atom. The molecule has 6 heteroatoms. The van der Waals surface area contributed by atoms with Gasteiger partial charge in [0.25, 0.3) is 5.91 Å². The van der Waals surface area contributed by atoms with E-state index in [0.717, 1.165) is 33.0 Å². The predicted molar refractivity (Wildman–Crippen MR) is 101 cm³/mol.